The molecule has 1 N–H and O–H groups in total. The zero-order chi connectivity index (χ0) is 12.1. The Kier molecular flexibility index (Phi) is 4.63. The number of hydrogen-bond acceptors (Lipinski definition) is 3. The topological polar surface area (TPSA) is 28.4 Å². The minimum Gasteiger partial charge on any atom is -0.469 e. The van der Waals surface area contributed by atoms with E-state index in [-0.39, 0.29) is 0 Å². The van der Waals surface area contributed by atoms with Crippen molar-refractivity contribution in [3.8, 4) is 0 Å². The lowest BCUT2D eigenvalue weighted by molar-refractivity contribution is 0.313. The average Bonchev–Trinajstić information content (AvgIpc) is 3.04. The summed E-state index contributed by atoms with van der Waals surface area (Å²) in [6, 6.07) is 5.44. The lowest BCUT2D eigenvalue weighted by Crippen LogP contribution is -2.35. The zero-order valence-electron chi connectivity index (χ0n) is 11.0. The predicted molar refractivity (Wildman–Crippen MR) is 70.1 cm³/mol. The molecule has 0 bridgehead atoms. The quantitative estimate of drug-likeness (QED) is 0.750. The lowest BCUT2D eigenvalue weighted by Gasteiger charge is -2.18. The second-order valence-electron chi connectivity index (χ2n) is 5.18. The fourth-order valence-corrected chi connectivity index (χ4v) is 2.10. The SMILES string of the molecule is CC(CCc1ccco1)NCCN(C)C1CC1. The van der Waals surface area contributed by atoms with Crippen molar-refractivity contribution in [2.75, 3.05) is 20.1 Å². The van der Waals surface area contributed by atoms with Gasteiger partial charge in [0.2, 0.25) is 0 Å². The molecule has 1 aromatic rings. The first-order chi connectivity index (χ1) is 8.25. The van der Waals surface area contributed by atoms with Crippen molar-refractivity contribution < 1.29 is 4.42 Å². The summed E-state index contributed by atoms with van der Waals surface area (Å²) in [7, 11) is 2.23. The van der Waals surface area contributed by atoms with Gasteiger partial charge in [0.05, 0.1) is 6.26 Å². The molecule has 1 aromatic heterocycles. The third-order valence-corrected chi connectivity index (χ3v) is 3.53. The molecule has 1 aliphatic rings. The largest absolute Gasteiger partial charge is 0.469 e. The molecule has 3 heteroatoms. The van der Waals surface area contributed by atoms with Gasteiger partial charge in [0.1, 0.15) is 5.76 Å². The highest BCUT2D eigenvalue weighted by Gasteiger charge is 2.25. The summed E-state index contributed by atoms with van der Waals surface area (Å²) in [6.45, 7) is 4.50. The van der Waals surface area contributed by atoms with Gasteiger partial charge in [0, 0.05) is 31.6 Å². The molecule has 1 unspecified atom stereocenters. The van der Waals surface area contributed by atoms with Gasteiger partial charge in [-0.05, 0) is 45.4 Å². The van der Waals surface area contributed by atoms with E-state index in [2.05, 4.69) is 24.2 Å². The molecule has 96 valence electrons. The molecule has 0 aromatic carbocycles. The van der Waals surface area contributed by atoms with Crippen molar-refractivity contribution >= 4 is 0 Å². The van der Waals surface area contributed by atoms with Gasteiger partial charge in [0.15, 0.2) is 0 Å². The van der Waals surface area contributed by atoms with E-state index >= 15 is 0 Å². The van der Waals surface area contributed by atoms with Crippen LogP contribution in [0.15, 0.2) is 22.8 Å². The molecular weight excluding hydrogens is 212 g/mol. The summed E-state index contributed by atoms with van der Waals surface area (Å²) < 4.78 is 5.33. The fraction of sp³-hybridized carbons (Fsp3) is 0.714. The normalized spacial score (nSPS) is 17.6. The fourth-order valence-electron chi connectivity index (χ4n) is 2.10. The molecule has 1 saturated carbocycles. The second-order valence-corrected chi connectivity index (χ2v) is 5.18. The Labute approximate surface area is 104 Å². The number of furan rings is 1. The maximum atomic E-state index is 5.33. The van der Waals surface area contributed by atoms with Gasteiger partial charge in [-0.1, -0.05) is 0 Å². The van der Waals surface area contributed by atoms with E-state index in [9.17, 15) is 0 Å². The summed E-state index contributed by atoms with van der Waals surface area (Å²) in [6.07, 6.45) is 6.70. The number of nitrogens with zero attached hydrogens (tertiary/aromatic N) is 1. The number of rotatable bonds is 8. The monoisotopic (exact) mass is 236 g/mol. The standard InChI is InChI=1S/C14H24N2O/c1-12(5-8-14-4-3-11-17-14)15-9-10-16(2)13-6-7-13/h3-4,11-13,15H,5-10H2,1-2H3. The zero-order valence-corrected chi connectivity index (χ0v) is 11.0. The van der Waals surface area contributed by atoms with Gasteiger partial charge in [-0.25, -0.2) is 0 Å². The van der Waals surface area contributed by atoms with Crippen LogP contribution >= 0.6 is 0 Å². The van der Waals surface area contributed by atoms with Gasteiger partial charge in [-0.3, -0.25) is 0 Å². The van der Waals surface area contributed by atoms with E-state index in [1.54, 1.807) is 6.26 Å². The van der Waals surface area contributed by atoms with E-state index in [0.717, 1.165) is 37.7 Å². The van der Waals surface area contributed by atoms with Crippen LogP contribution in [0.25, 0.3) is 0 Å². The molecule has 1 fully saturated rings. The highest BCUT2D eigenvalue weighted by Crippen LogP contribution is 2.24. The van der Waals surface area contributed by atoms with Crippen LogP contribution in [0.4, 0.5) is 0 Å². The molecule has 1 atom stereocenters. The predicted octanol–water partition coefficient (Wildman–Crippen LogP) is 2.28. The maximum Gasteiger partial charge on any atom is 0.103 e. The van der Waals surface area contributed by atoms with Crippen LogP contribution in [-0.2, 0) is 6.42 Å². The van der Waals surface area contributed by atoms with Crippen LogP contribution in [0, 0.1) is 0 Å². The highest BCUT2D eigenvalue weighted by molar-refractivity contribution is 4.98. The Morgan fingerprint density at radius 2 is 2.35 bits per heavy atom. The van der Waals surface area contributed by atoms with Crippen molar-refractivity contribution in [3.63, 3.8) is 0 Å². The molecule has 17 heavy (non-hydrogen) atoms. The molecule has 0 saturated heterocycles. The van der Waals surface area contributed by atoms with Crippen LogP contribution < -0.4 is 5.32 Å². The molecule has 0 aliphatic heterocycles. The lowest BCUT2D eigenvalue weighted by atomic mass is 10.1. The molecule has 0 spiro atoms. The molecule has 0 amide bonds. The van der Waals surface area contributed by atoms with Crippen molar-refractivity contribution in [1.29, 1.82) is 0 Å². The summed E-state index contributed by atoms with van der Waals surface area (Å²) in [5.74, 6) is 1.09. The van der Waals surface area contributed by atoms with E-state index in [4.69, 9.17) is 4.42 Å². The van der Waals surface area contributed by atoms with E-state index in [0.29, 0.717) is 6.04 Å². The van der Waals surface area contributed by atoms with Gasteiger partial charge >= 0.3 is 0 Å². The van der Waals surface area contributed by atoms with Gasteiger partial charge in [-0.2, -0.15) is 0 Å². The Morgan fingerprint density at radius 1 is 1.53 bits per heavy atom. The minimum absolute atomic E-state index is 0.563. The van der Waals surface area contributed by atoms with Gasteiger partial charge < -0.3 is 14.6 Å². The van der Waals surface area contributed by atoms with E-state index in [1.165, 1.54) is 12.8 Å². The molecule has 2 rings (SSSR count). The molecule has 0 radical (unpaired) electrons. The summed E-state index contributed by atoms with van der Waals surface area (Å²) >= 11 is 0. The van der Waals surface area contributed by atoms with Crippen molar-refractivity contribution in [2.24, 2.45) is 0 Å². The number of likely N-dealkylation sites (N-methyl/N-ethyl adjacent to an activating group) is 1. The summed E-state index contributed by atoms with van der Waals surface area (Å²) in [4.78, 5) is 2.46. The number of hydrogen-bond donors (Lipinski definition) is 1. The molecule has 1 heterocycles. The smallest absolute Gasteiger partial charge is 0.103 e. The Bertz CT molecular complexity index is 306. The average molecular weight is 236 g/mol. The van der Waals surface area contributed by atoms with Gasteiger partial charge in [0.25, 0.3) is 0 Å². The maximum absolute atomic E-state index is 5.33. The Balaban J connectivity index is 1.52. The van der Waals surface area contributed by atoms with Crippen molar-refractivity contribution in [1.82, 2.24) is 10.2 Å². The summed E-state index contributed by atoms with van der Waals surface area (Å²) in [5.41, 5.74) is 0. The van der Waals surface area contributed by atoms with Crippen LogP contribution in [0.3, 0.4) is 0 Å². The van der Waals surface area contributed by atoms with Crippen molar-refractivity contribution in [3.05, 3.63) is 24.2 Å². The third-order valence-electron chi connectivity index (χ3n) is 3.53. The first-order valence-electron chi connectivity index (χ1n) is 6.71. The van der Waals surface area contributed by atoms with Crippen LogP contribution in [0.5, 0.6) is 0 Å². The van der Waals surface area contributed by atoms with Crippen LogP contribution in [0.2, 0.25) is 0 Å². The van der Waals surface area contributed by atoms with Crippen molar-refractivity contribution in [2.45, 2.75) is 44.7 Å². The minimum atomic E-state index is 0.563. The first-order valence-corrected chi connectivity index (χ1v) is 6.71. The number of nitrogens with one attached hydrogen (secondary N) is 1. The number of aryl methyl sites for hydroxylation is 1. The molecule has 1 aliphatic carbocycles. The van der Waals surface area contributed by atoms with E-state index in [1.807, 2.05) is 12.1 Å². The highest BCUT2D eigenvalue weighted by atomic mass is 16.3. The van der Waals surface area contributed by atoms with Gasteiger partial charge in [-0.15, -0.1) is 0 Å². The van der Waals surface area contributed by atoms with Crippen LogP contribution in [0.1, 0.15) is 31.9 Å². The first kappa shape index (κ1) is 12.7. The molecular formula is C14H24N2O. The Morgan fingerprint density at radius 3 is 3.00 bits per heavy atom. The Hall–Kier alpha value is -0.800. The molecule has 3 nitrogen and oxygen atoms in total. The second kappa shape index (κ2) is 6.22. The summed E-state index contributed by atoms with van der Waals surface area (Å²) in [5, 5.41) is 3.58. The van der Waals surface area contributed by atoms with Crippen LogP contribution in [-0.4, -0.2) is 37.1 Å². The van der Waals surface area contributed by atoms with E-state index < -0.39 is 0 Å². The third kappa shape index (κ3) is 4.52.